The van der Waals surface area contributed by atoms with Crippen LogP contribution in [0.25, 0.3) is 0 Å². The maximum absolute atomic E-state index is 5.91. The van der Waals surface area contributed by atoms with Crippen molar-refractivity contribution < 1.29 is 0 Å². The molecule has 1 heterocycles. The van der Waals surface area contributed by atoms with Gasteiger partial charge >= 0.3 is 0 Å². The average Bonchev–Trinajstić information content (AvgIpc) is 2.46. The number of hydrogen-bond acceptors (Lipinski definition) is 2. The Kier molecular flexibility index (Phi) is 2.96. The number of hydrogen-bond donors (Lipinski definition) is 0. The van der Waals surface area contributed by atoms with E-state index in [0.717, 1.165) is 5.02 Å². The number of likely N-dealkylation sites (N-methyl/N-ethyl adjacent to an activating group) is 1. The SMILES string of the molecule is CC1=C(C)N(C)N(C)C1c1ccc(Cl)cc1. The molecule has 1 aliphatic rings. The van der Waals surface area contributed by atoms with Gasteiger partial charge in [-0.25, -0.2) is 5.01 Å². The van der Waals surface area contributed by atoms with Crippen molar-refractivity contribution in [3.8, 4) is 0 Å². The van der Waals surface area contributed by atoms with Crippen LogP contribution >= 0.6 is 11.6 Å². The topological polar surface area (TPSA) is 6.48 Å². The Morgan fingerprint density at radius 2 is 1.62 bits per heavy atom. The van der Waals surface area contributed by atoms with E-state index in [1.54, 1.807) is 0 Å². The van der Waals surface area contributed by atoms with Crippen LogP contribution in [-0.2, 0) is 0 Å². The maximum atomic E-state index is 5.91. The van der Waals surface area contributed by atoms with E-state index in [4.69, 9.17) is 11.6 Å². The van der Waals surface area contributed by atoms with E-state index in [-0.39, 0.29) is 0 Å². The number of halogens is 1. The Morgan fingerprint density at radius 3 is 2.06 bits per heavy atom. The van der Waals surface area contributed by atoms with Crippen molar-refractivity contribution in [1.29, 1.82) is 0 Å². The lowest BCUT2D eigenvalue weighted by Crippen LogP contribution is -2.32. The first-order chi connectivity index (χ1) is 7.52. The molecular formula is C13H17ClN2. The summed E-state index contributed by atoms with van der Waals surface area (Å²) in [5.41, 5.74) is 4.00. The quantitative estimate of drug-likeness (QED) is 0.737. The number of allylic oxidation sites excluding steroid dienone is 1. The molecule has 0 saturated carbocycles. The third-order valence-corrected chi connectivity index (χ3v) is 3.75. The molecule has 2 nitrogen and oxygen atoms in total. The van der Waals surface area contributed by atoms with Crippen molar-refractivity contribution in [2.75, 3.05) is 14.1 Å². The van der Waals surface area contributed by atoms with Crippen LogP contribution in [0.3, 0.4) is 0 Å². The molecule has 0 bridgehead atoms. The molecule has 0 spiro atoms. The average molecular weight is 237 g/mol. The fourth-order valence-electron chi connectivity index (χ4n) is 2.25. The zero-order chi connectivity index (χ0) is 11.9. The second kappa shape index (κ2) is 4.11. The summed E-state index contributed by atoms with van der Waals surface area (Å²) in [6.07, 6.45) is 0. The molecule has 0 aromatic heterocycles. The molecule has 1 atom stereocenters. The van der Waals surface area contributed by atoms with Gasteiger partial charge < -0.3 is 5.01 Å². The molecule has 1 aromatic rings. The minimum absolute atomic E-state index is 0.335. The predicted molar refractivity (Wildman–Crippen MR) is 68.1 cm³/mol. The molecule has 86 valence electrons. The summed E-state index contributed by atoms with van der Waals surface area (Å²) in [5.74, 6) is 0. The van der Waals surface area contributed by atoms with E-state index in [1.807, 2.05) is 12.1 Å². The summed E-state index contributed by atoms with van der Waals surface area (Å²) in [6.45, 7) is 4.34. The summed E-state index contributed by atoms with van der Waals surface area (Å²) in [6, 6.07) is 8.43. The highest BCUT2D eigenvalue weighted by Crippen LogP contribution is 2.37. The van der Waals surface area contributed by atoms with Crippen molar-refractivity contribution in [3.63, 3.8) is 0 Å². The zero-order valence-corrected chi connectivity index (χ0v) is 10.9. The number of nitrogens with zero attached hydrogens (tertiary/aromatic N) is 2. The van der Waals surface area contributed by atoms with Gasteiger partial charge in [-0.2, -0.15) is 0 Å². The Balaban J connectivity index is 2.38. The summed E-state index contributed by atoms with van der Waals surface area (Å²) < 4.78 is 0. The summed E-state index contributed by atoms with van der Waals surface area (Å²) >= 11 is 5.91. The molecule has 0 radical (unpaired) electrons. The monoisotopic (exact) mass is 236 g/mol. The Bertz CT molecular complexity index is 422. The van der Waals surface area contributed by atoms with Crippen molar-refractivity contribution >= 4 is 11.6 Å². The number of rotatable bonds is 1. The van der Waals surface area contributed by atoms with E-state index in [9.17, 15) is 0 Å². The largest absolute Gasteiger partial charge is 0.313 e. The van der Waals surface area contributed by atoms with Crippen LogP contribution < -0.4 is 0 Å². The second-order valence-electron chi connectivity index (χ2n) is 4.32. The van der Waals surface area contributed by atoms with E-state index in [1.165, 1.54) is 16.8 Å². The van der Waals surface area contributed by atoms with Crippen molar-refractivity contribution in [2.24, 2.45) is 0 Å². The molecule has 1 aromatic carbocycles. The van der Waals surface area contributed by atoms with Gasteiger partial charge in [-0.15, -0.1) is 0 Å². The predicted octanol–water partition coefficient (Wildman–Crippen LogP) is 3.47. The molecule has 2 rings (SSSR count). The Labute approximate surface area is 102 Å². The lowest BCUT2D eigenvalue weighted by Gasteiger charge is -2.28. The van der Waals surface area contributed by atoms with Crippen LogP contribution in [0, 0.1) is 0 Å². The Morgan fingerprint density at radius 1 is 1.06 bits per heavy atom. The molecule has 1 aliphatic heterocycles. The molecule has 0 N–H and O–H groups in total. The molecular weight excluding hydrogens is 220 g/mol. The van der Waals surface area contributed by atoms with E-state index >= 15 is 0 Å². The molecule has 0 saturated heterocycles. The van der Waals surface area contributed by atoms with Gasteiger partial charge in [-0.05, 0) is 37.1 Å². The first kappa shape index (κ1) is 11.5. The van der Waals surface area contributed by atoms with Crippen LogP contribution in [0.1, 0.15) is 25.5 Å². The zero-order valence-electron chi connectivity index (χ0n) is 10.2. The molecule has 0 aliphatic carbocycles. The fraction of sp³-hybridized carbons (Fsp3) is 0.385. The van der Waals surface area contributed by atoms with Gasteiger partial charge in [-0.3, -0.25) is 0 Å². The van der Waals surface area contributed by atoms with Crippen LogP contribution in [0.4, 0.5) is 0 Å². The summed E-state index contributed by atoms with van der Waals surface area (Å²) in [5, 5.41) is 5.22. The van der Waals surface area contributed by atoms with Gasteiger partial charge in [0.2, 0.25) is 0 Å². The molecule has 16 heavy (non-hydrogen) atoms. The van der Waals surface area contributed by atoms with Crippen LogP contribution in [0.5, 0.6) is 0 Å². The molecule has 0 fully saturated rings. The number of hydrazine groups is 1. The molecule has 0 amide bonds. The van der Waals surface area contributed by atoms with E-state index in [2.05, 4.69) is 50.1 Å². The third kappa shape index (κ3) is 1.72. The normalized spacial score (nSPS) is 22.1. The van der Waals surface area contributed by atoms with Crippen molar-refractivity contribution in [3.05, 3.63) is 46.1 Å². The van der Waals surface area contributed by atoms with Gasteiger partial charge in [0, 0.05) is 24.8 Å². The standard InChI is InChI=1S/C13H17ClN2/c1-9-10(2)15(3)16(4)13(9)11-5-7-12(14)8-6-11/h5-8,13H,1-4H3. The van der Waals surface area contributed by atoms with Gasteiger partial charge in [0.25, 0.3) is 0 Å². The lowest BCUT2D eigenvalue weighted by atomic mass is 10.00. The highest BCUT2D eigenvalue weighted by molar-refractivity contribution is 6.30. The number of benzene rings is 1. The highest BCUT2D eigenvalue weighted by atomic mass is 35.5. The first-order valence-corrected chi connectivity index (χ1v) is 5.79. The van der Waals surface area contributed by atoms with Crippen LogP contribution in [0.2, 0.25) is 5.02 Å². The highest BCUT2D eigenvalue weighted by Gasteiger charge is 2.30. The van der Waals surface area contributed by atoms with E-state index in [0.29, 0.717) is 6.04 Å². The summed E-state index contributed by atoms with van der Waals surface area (Å²) in [4.78, 5) is 0. The van der Waals surface area contributed by atoms with Gasteiger partial charge in [-0.1, -0.05) is 23.7 Å². The van der Waals surface area contributed by atoms with Crippen LogP contribution in [0.15, 0.2) is 35.5 Å². The smallest absolute Gasteiger partial charge is 0.0766 e. The first-order valence-electron chi connectivity index (χ1n) is 5.41. The maximum Gasteiger partial charge on any atom is 0.0766 e. The third-order valence-electron chi connectivity index (χ3n) is 3.50. The van der Waals surface area contributed by atoms with Gasteiger partial charge in [0.1, 0.15) is 0 Å². The van der Waals surface area contributed by atoms with Gasteiger partial charge in [0.05, 0.1) is 6.04 Å². The minimum atomic E-state index is 0.335. The fourth-order valence-corrected chi connectivity index (χ4v) is 2.38. The molecule has 3 heteroatoms. The summed E-state index contributed by atoms with van der Waals surface area (Å²) in [7, 11) is 4.20. The van der Waals surface area contributed by atoms with Gasteiger partial charge in [0.15, 0.2) is 0 Å². The molecule has 1 unspecified atom stereocenters. The second-order valence-corrected chi connectivity index (χ2v) is 4.76. The minimum Gasteiger partial charge on any atom is -0.313 e. The van der Waals surface area contributed by atoms with Crippen LogP contribution in [-0.4, -0.2) is 24.1 Å². The van der Waals surface area contributed by atoms with Crippen molar-refractivity contribution in [1.82, 2.24) is 10.0 Å². The van der Waals surface area contributed by atoms with Crippen molar-refractivity contribution in [2.45, 2.75) is 19.9 Å². The van der Waals surface area contributed by atoms with E-state index < -0.39 is 0 Å². The lowest BCUT2D eigenvalue weighted by molar-refractivity contribution is 0.0610. The Hall–Kier alpha value is -0.990.